The van der Waals surface area contributed by atoms with Crippen LogP contribution < -0.4 is 0 Å². The first-order valence-electron chi connectivity index (χ1n) is 16.2. The smallest absolute Gasteiger partial charge is 0.0748 e. The molecule has 1 atom stereocenters. The lowest BCUT2D eigenvalue weighted by Gasteiger charge is -2.20. The maximum Gasteiger partial charge on any atom is 0.111 e. The van der Waals surface area contributed by atoms with E-state index in [2.05, 4.69) is 146 Å². The molecule has 0 saturated heterocycles. The second-order valence-corrected chi connectivity index (χ2v) is 16.1. The Labute approximate surface area is 262 Å². The Morgan fingerprint density at radius 3 is 1.77 bits per heavy atom. The Hall–Kier alpha value is -3.42. The monoisotopic (exact) mass is 578 g/mol. The van der Waals surface area contributed by atoms with Crippen LogP contribution in [-0.2, 0) is 17.3 Å². The molecule has 2 radical (unpaired) electrons. The SMILES string of the molecule is CCCCC1C([Si]C2=Cc3c(cccc3-c3ccc(C(C)(C)C)cc3)C2)=Cc2c(-c3ccc(C(C)(C)C)cc3)cccc21. The van der Waals surface area contributed by atoms with Crippen LogP contribution in [0.25, 0.3) is 34.4 Å². The summed E-state index contributed by atoms with van der Waals surface area (Å²) in [6.07, 6.45) is 9.90. The second kappa shape index (κ2) is 11.6. The summed E-state index contributed by atoms with van der Waals surface area (Å²) in [6.45, 7) is 16.0. The van der Waals surface area contributed by atoms with Crippen LogP contribution in [0.4, 0.5) is 0 Å². The van der Waals surface area contributed by atoms with Gasteiger partial charge in [-0.05, 0) is 79.3 Å². The molecule has 0 heterocycles. The van der Waals surface area contributed by atoms with Crippen molar-refractivity contribution in [1.29, 1.82) is 0 Å². The highest BCUT2D eigenvalue weighted by Gasteiger charge is 2.29. The molecule has 0 N–H and O–H groups in total. The molecule has 0 aromatic heterocycles. The average Bonchev–Trinajstić information content (AvgIpc) is 3.55. The van der Waals surface area contributed by atoms with Crippen LogP contribution in [0.15, 0.2) is 95.3 Å². The number of hydrogen-bond donors (Lipinski definition) is 0. The summed E-state index contributed by atoms with van der Waals surface area (Å²) in [5.41, 5.74) is 14.4. The van der Waals surface area contributed by atoms with Gasteiger partial charge in [0.1, 0.15) is 9.52 Å². The predicted octanol–water partition coefficient (Wildman–Crippen LogP) is 11.5. The molecule has 0 aliphatic heterocycles. The van der Waals surface area contributed by atoms with Crippen molar-refractivity contribution in [1.82, 2.24) is 0 Å². The maximum atomic E-state index is 2.57. The summed E-state index contributed by atoms with van der Waals surface area (Å²) < 4.78 is 0. The summed E-state index contributed by atoms with van der Waals surface area (Å²) in [7, 11) is 0.735. The highest BCUT2D eigenvalue weighted by Crippen LogP contribution is 2.45. The van der Waals surface area contributed by atoms with E-state index in [1.165, 1.54) is 74.9 Å². The maximum absolute atomic E-state index is 2.57. The quantitative estimate of drug-likeness (QED) is 0.191. The topological polar surface area (TPSA) is 0 Å². The number of allylic oxidation sites excluding steroid dienone is 2. The van der Waals surface area contributed by atoms with Crippen molar-refractivity contribution in [2.24, 2.45) is 0 Å². The summed E-state index contributed by atoms with van der Waals surface area (Å²) >= 11 is 0. The van der Waals surface area contributed by atoms with Crippen LogP contribution in [0.3, 0.4) is 0 Å². The molecule has 0 saturated carbocycles. The van der Waals surface area contributed by atoms with E-state index in [-0.39, 0.29) is 10.8 Å². The van der Waals surface area contributed by atoms with E-state index in [9.17, 15) is 0 Å². The van der Waals surface area contributed by atoms with Gasteiger partial charge in [0.15, 0.2) is 0 Å². The molecule has 1 unspecified atom stereocenters. The third kappa shape index (κ3) is 6.02. The number of rotatable bonds is 7. The Balaban J connectivity index is 1.32. The van der Waals surface area contributed by atoms with Gasteiger partial charge in [-0.2, -0.15) is 0 Å². The first kappa shape index (κ1) is 29.6. The van der Waals surface area contributed by atoms with E-state index >= 15 is 0 Å². The van der Waals surface area contributed by atoms with E-state index in [1.807, 2.05) is 0 Å². The molecule has 6 rings (SSSR count). The van der Waals surface area contributed by atoms with Gasteiger partial charge in [0, 0.05) is 5.92 Å². The zero-order chi connectivity index (χ0) is 30.4. The molecular weight excluding hydrogens is 533 g/mol. The van der Waals surface area contributed by atoms with Crippen molar-refractivity contribution in [3.8, 4) is 22.3 Å². The minimum absolute atomic E-state index is 0.166. The number of hydrogen-bond acceptors (Lipinski definition) is 0. The fraction of sp³-hybridized carbons (Fsp3) is 0.333. The molecule has 0 nitrogen and oxygen atoms in total. The summed E-state index contributed by atoms with van der Waals surface area (Å²) in [5.74, 6) is 0.524. The van der Waals surface area contributed by atoms with E-state index in [4.69, 9.17) is 0 Å². The van der Waals surface area contributed by atoms with Gasteiger partial charge in [0.25, 0.3) is 0 Å². The number of fused-ring (bicyclic) bond motifs is 2. The van der Waals surface area contributed by atoms with E-state index < -0.39 is 0 Å². The van der Waals surface area contributed by atoms with Gasteiger partial charge >= 0.3 is 0 Å². The van der Waals surface area contributed by atoms with Gasteiger partial charge in [-0.1, -0.05) is 169 Å². The molecule has 0 amide bonds. The highest BCUT2D eigenvalue weighted by molar-refractivity contribution is 6.57. The molecule has 4 aromatic carbocycles. The Morgan fingerprint density at radius 1 is 0.651 bits per heavy atom. The standard InChI is InChI=1S/C42H46Si/c1-8-9-13-37-36-16-11-15-35(29-19-23-32(24-20-29)42(5,6)7)39(36)27-40(37)43-33-25-30-12-10-14-34(38(30)26-33)28-17-21-31(22-18-28)41(2,3)4/h10-12,14-24,26-27,37H,8-9,13,25H2,1-7H3. The van der Waals surface area contributed by atoms with Crippen LogP contribution in [-0.4, -0.2) is 9.52 Å². The lowest BCUT2D eigenvalue weighted by Crippen LogP contribution is -2.10. The van der Waals surface area contributed by atoms with Crippen molar-refractivity contribution in [3.05, 3.63) is 129 Å². The Bertz CT molecular complexity index is 1680. The molecule has 1 heteroatoms. The van der Waals surface area contributed by atoms with Gasteiger partial charge < -0.3 is 0 Å². The number of benzene rings is 4. The predicted molar refractivity (Wildman–Crippen MR) is 189 cm³/mol. The Kier molecular flexibility index (Phi) is 7.98. The zero-order valence-corrected chi connectivity index (χ0v) is 28.1. The van der Waals surface area contributed by atoms with Gasteiger partial charge in [0.2, 0.25) is 0 Å². The molecule has 43 heavy (non-hydrogen) atoms. The minimum atomic E-state index is 0.166. The largest absolute Gasteiger partial charge is 0.111 e. The number of unbranched alkanes of at least 4 members (excludes halogenated alkanes) is 1. The molecule has 218 valence electrons. The van der Waals surface area contributed by atoms with Crippen molar-refractivity contribution in [3.63, 3.8) is 0 Å². The summed E-state index contributed by atoms with van der Waals surface area (Å²) in [5, 5.41) is 3.20. The highest BCUT2D eigenvalue weighted by atomic mass is 28.2. The average molecular weight is 579 g/mol. The molecule has 0 spiro atoms. The first-order valence-corrected chi connectivity index (χ1v) is 17.2. The van der Waals surface area contributed by atoms with Crippen LogP contribution in [0.5, 0.6) is 0 Å². The molecule has 2 aliphatic carbocycles. The van der Waals surface area contributed by atoms with Crippen LogP contribution >= 0.6 is 0 Å². The minimum Gasteiger partial charge on any atom is -0.0748 e. The van der Waals surface area contributed by atoms with Crippen LogP contribution in [0.1, 0.15) is 107 Å². The molecular formula is C42H46Si. The van der Waals surface area contributed by atoms with Crippen LogP contribution in [0, 0.1) is 0 Å². The molecule has 4 aromatic rings. The van der Waals surface area contributed by atoms with Crippen LogP contribution in [0.2, 0.25) is 0 Å². The van der Waals surface area contributed by atoms with Gasteiger partial charge in [-0.3, -0.25) is 0 Å². The fourth-order valence-electron chi connectivity index (χ4n) is 6.75. The van der Waals surface area contributed by atoms with Crippen molar-refractivity contribution >= 4 is 21.7 Å². The summed E-state index contributed by atoms with van der Waals surface area (Å²) in [6, 6.07) is 32.4. The molecule has 2 aliphatic rings. The van der Waals surface area contributed by atoms with Gasteiger partial charge in [-0.25, -0.2) is 0 Å². The lowest BCUT2D eigenvalue weighted by molar-refractivity contribution is 0.590. The van der Waals surface area contributed by atoms with E-state index in [0.29, 0.717) is 5.92 Å². The first-order chi connectivity index (χ1) is 20.5. The zero-order valence-electron chi connectivity index (χ0n) is 27.1. The van der Waals surface area contributed by atoms with E-state index in [1.54, 1.807) is 10.4 Å². The molecule has 0 fully saturated rings. The van der Waals surface area contributed by atoms with E-state index in [0.717, 1.165) is 15.9 Å². The fourth-order valence-corrected chi connectivity index (χ4v) is 8.31. The third-order valence-corrected chi connectivity index (χ3v) is 10.8. The third-order valence-electron chi connectivity index (χ3n) is 9.36. The van der Waals surface area contributed by atoms with Crippen molar-refractivity contribution < 1.29 is 0 Å². The van der Waals surface area contributed by atoms with Crippen molar-refractivity contribution in [2.75, 3.05) is 0 Å². The van der Waals surface area contributed by atoms with Gasteiger partial charge in [0.05, 0.1) is 0 Å². The second-order valence-electron chi connectivity index (χ2n) is 14.6. The van der Waals surface area contributed by atoms with Crippen molar-refractivity contribution in [2.45, 2.75) is 90.9 Å². The van der Waals surface area contributed by atoms with Gasteiger partial charge in [-0.15, -0.1) is 0 Å². The molecule has 0 bridgehead atoms. The Morgan fingerprint density at radius 2 is 1.21 bits per heavy atom. The lowest BCUT2D eigenvalue weighted by atomic mass is 9.85. The summed E-state index contributed by atoms with van der Waals surface area (Å²) in [4.78, 5) is 0. The normalized spacial score (nSPS) is 16.1.